The van der Waals surface area contributed by atoms with Gasteiger partial charge in [-0.3, -0.25) is 9.59 Å². The van der Waals surface area contributed by atoms with E-state index < -0.39 is 18.1 Å². The molecule has 1 aliphatic rings. The average Bonchev–Trinajstić information content (AvgIpc) is 3.02. The fourth-order valence-electron chi connectivity index (χ4n) is 1.37. The van der Waals surface area contributed by atoms with Crippen molar-refractivity contribution in [1.29, 1.82) is 0 Å². The van der Waals surface area contributed by atoms with Gasteiger partial charge in [0.05, 0.1) is 0 Å². The van der Waals surface area contributed by atoms with Crippen molar-refractivity contribution >= 4 is 11.7 Å². The Kier molecular flexibility index (Phi) is 4.92. The number of hydrogen-bond donors (Lipinski definition) is 1. The largest absolute Gasteiger partial charge is 0.367 e. The second-order valence-corrected chi connectivity index (χ2v) is 3.66. The molecule has 0 radical (unpaired) electrons. The molecular weight excluding hydrogens is 206 g/mol. The fourth-order valence-corrected chi connectivity index (χ4v) is 1.37. The zero-order valence-corrected chi connectivity index (χ0v) is 9.39. The highest BCUT2D eigenvalue weighted by molar-refractivity contribution is 5.95. The molecule has 0 saturated carbocycles. The van der Waals surface area contributed by atoms with Crippen molar-refractivity contribution in [3.8, 4) is 0 Å². The Morgan fingerprint density at radius 3 is 2.56 bits per heavy atom. The molecule has 0 unspecified atom stereocenters. The molecular formula is C12H17NO3. The summed E-state index contributed by atoms with van der Waals surface area (Å²) in [5, 5.41) is 0. The standard InChI is InChI=1S/C12H17NO3/c1-2-3-4-5-6-7-8-9(14)10-11(16-10)12(13)15/h2-3,5-6,10-11H,4,7-8H2,1H3,(H2,13,15)/t10-,11-/m0/s1. The van der Waals surface area contributed by atoms with E-state index in [9.17, 15) is 9.59 Å². The predicted octanol–water partition coefficient (Wildman–Crippen LogP) is 1.11. The Balaban J connectivity index is 2.12. The molecule has 1 aliphatic heterocycles. The lowest BCUT2D eigenvalue weighted by Gasteiger charge is -1.92. The Morgan fingerprint density at radius 2 is 2.00 bits per heavy atom. The highest BCUT2D eigenvalue weighted by Gasteiger charge is 2.48. The third-order valence-electron chi connectivity index (χ3n) is 2.32. The number of hydrogen-bond acceptors (Lipinski definition) is 3. The summed E-state index contributed by atoms with van der Waals surface area (Å²) in [5.74, 6) is -0.596. The zero-order valence-electron chi connectivity index (χ0n) is 9.39. The Labute approximate surface area is 95.1 Å². The molecule has 4 heteroatoms. The number of carbonyl (C=O) groups is 2. The molecule has 0 aromatic heterocycles. The van der Waals surface area contributed by atoms with Gasteiger partial charge in [-0.25, -0.2) is 0 Å². The molecule has 0 bridgehead atoms. The van der Waals surface area contributed by atoms with Crippen LogP contribution in [0.25, 0.3) is 0 Å². The maximum atomic E-state index is 11.4. The molecule has 1 amide bonds. The van der Waals surface area contributed by atoms with Gasteiger partial charge in [-0.05, 0) is 19.8 Å². The van der Waals surface area contributed by atoms with Gasteiger partial charge in [0.2, 0.25) is 5.91 Å². The lowest BCUT2D eigenvalue weighted by Crippen LogP contribution is -2.22. The van der Waals surface area contributed by atoms with Gasteiger partial charge < -0.3 is 10.5 Å². The number of Topliss-reactive ketones (excluding diaryl/α,β-unsaturated/α-hetero) is 1. The molecule has 88 valence electrons. The topological polar surface area (TPSA) is 72.7 Å². The first-order chi connectivity index (χ1) is 7.66. The van der Waals surface area contributed by atoms with E-state index in [1.807, 2.05) is 31.2 Å². The summed E-state index contributed by atoms with van der Waals surface area (Å²) in [6.45, 7) is 1.96. The number of amides is 1. The third kappa shape index (κ3) is 3.98. The van der Waals surface area contributed by atoms with Crippen LogP contribution < -0.4 is 5.73 Å². The van der Waals surface area contributed by atoms with Crippen LogP contribution in [0.2, 0.25) is 0 Å². The zero-order chi connectivity index (χ0) is 12.0. The van der Waals surface area contributed by atoms with Gasteiger partial charge in [0, 0.05) is 6.42 Å². The van der Waals surface area contributed by atoms with Crippen LogP contribution in [0.1, 0.15) is 26.2 Å². The summed E-state index contributed by atoms with van der Waals surface area (Å²) in [4.78, 5) is 22.1. The van der Waals surface area contributed by atoms with Crippen molar-refractivity contribution in [2.45, 2.75) is 38.4 Å². The van der Waals surface area contributed by atoms with Gasteiger partial charge in [-0.15, -0.1) is 0 Å². The minimum absolute atomic E-state index is 0.0421. The van der Waals surface area contributed by atoms with E-state index >= 15 is 0 Å². The number of rotatable bonds is 7. The molecule has 0 aliphatic carbocycles. The third-order valence-corrected chi connectivity index (χ3v) is 2.32. The highest BCUT2D eigenvalue weighted by atomic mass is 16.6. The Morgan fingerprint density at radius 1 is 1.25 bits per heavy atom. The average molecular weight is 223 g/mol. The van der Waals surface area contributed by atoms with Crippen LogP contribution in [0.15, 0.2) is 24.3 Å². The van der Waals surface area contributed by atoms with Gasteiger partial charge in [0.15, 0.2) is 18.0 Å². The summed E-state index contributed by atoms with van der Waals surface area (Å²) in [6, 6.07) is 0. The first-order valence-corrected chi connectivity index (χ1v) is 5.40. The normalized spacial score (nSPS) is 24.1. The first kappa shape index (κ1) is 12.6. The number of ketones is 1. The SMILES string of the molecule is CC=CCC=CCCC(=O)[C@@H]1O[C@@H]1C(N)=O. The molecule has 2 atom stereocenters. The molecule has 2 N–H and O–H groups in total. The van der Waals surface area contributed by atoms with Crippen LogP contribution in [0.3, 0.4) is 0 Å². The molecule has 0 aromatic carbocycles. The van der Waals surface area contributed by atoms with Gasteiger partial charge in [0.25, 0.3) is 0 Å². The number of nitrogens with two attached hydrogens (primary N) is 1. The second kappa shape index (κ2) is 6.23. The van der Waals surface area contributed by atoms with Crippen molar-refractivity contribution in [1.82, 2.24) is 0 Å². The van der Waals surface area contributed by atoms with E-state index in [1.165, 1.54) is 0 Å². The highest BCUT2D eigenvalue weighted by Crippen LogP contribution is 2.24. The first-order valence-electron chi connectivity index (χ1n) is 5.40. The lowest BCUT2D eigenvalue weighted by molar-refractivity contribution is -0.121. The molecule has 0 spiro atoms. The van der Waals surface area contributed by atoms with Crippen molar-refractivity contribution in [3.05, 3.63) is 24.3 Å². The van der Waals surface area contributed by atoms with Gasteiger partial charge in [-0.1, -0.05) is 24.3 Å². The molecule has 0 aromatic rings. The van der Waals surface area contributed by atoms with Crippen molar-refractivity contribution in [2.75, 3.05) is 0 Å². The summed E-state index contributed by atoms with van der Waals surface area (Å²) in [7, 11) is 0. The number of epoxide rings is 1. The minimum Gasteiger partial charge on any atom is -0.367 e. The quantitative estimate of drug-likeness (QED) is 0.519. The molecule has 1 saturated heterocycles. The van der Waals surface area contributed by atoms with E-state index in [2.05, 4.69) is 0 Å². The fraction of sp³-hybridized carbons (Fsp3) is 0.500. The maximum absolute atomic E-state index is 11.4. The van der Waals surface area contributed by atoms with Crippen LogP contribution in [-0.2, 0) is 14.3 Å². The smallest absolute Gasteiger partial charge is 0.249 e. The van der Waals surface area contributed by atoms with Gasteiger partial charge in [-0.2, -0.15) is 0 Å². The van der Waals surface area contributed by atoms with Crippen LogP contribution >= 0.6 is 0 Å². The van der Waals surface area contributed by atoms with E-state index in [4.69, 9.17) is 10.5 Å². The lowest BCUT2D eigenvalue weighted by atomic mass is 10.1. The molecule has 4 nitrogen and oxygen atoms in total. The van der Waals surface area contributed by atoms with E-state index in [-0.39, 0.29) is 5.78 Å². The molecule has 1 rings (SSSR count). The van der Waals surface area contributed by atoms with Crippen molar-refractivity contribution in [2.24, 2.45) is 5.73 Å². The number of carbonyl (C=O) groups excluding carboxylic acids is 2. The molecule has 1 fully saturated rings. The Bertz CT molecular complexity index is 320. The van der Waals surface area contributed by atoms with Crippen LogP contribution in [0, 0.1) is 0 Å². The monoisotopic (exact) mass is 223 g/mol. The number of allylic oxidation sites excluding steroid dienone is 4. The Hall–Kier alpha value is -1.42. The summed E-state index contributed by atoms with van der Waals surface area (Å²) in [5.41, 5.74) is 5.00. The van der Waals surface area contributed by atoms with E-state index in [1.54, 1.807) is 0 Å². The summed E-state index contributed by atoms with van der Waals surface area (Å²) >= 11 is 0. The summed E-state index contributed by atoms with van der Waals surface area (Å²) in [6.07, 6.45) is 8.68. The van der Waals surface area contributed by atoms with Crippen LogP contribution in [0.5, 0.6) is 0 Å². The molecule has 16 heavy (non-hydrogen) atoms. The van der Waals surface area contributed by atoms with Crippen molar-refractivity contribution < 1.29 is 14.3 Å². The minimum atomic E-state index is -0.681. The van der Waals surface area contributed by atoms with Gasteiger partial charge in [0.1, 0.15) is 0 Å². The van der Waals surface area contributed by atoms with Crippen LogP contribution in [-0.4, -0.2) is 23.9 Å². The maximum Gasteiger partial charge on any atom is 0.249 e. The number of ether oxygens (including phenoxy) is 1. The predicted molar refractivity (Wildman–Crippen MR) is 60.7 cm³/mol. The van der Waals surface area contributed by atoms with E-state index in [0.717, 1.165) is 6.42 Å². The summed E-state index contributed by atoms with van der Waals surface area (Å²) < 4.78 is 4.88. The van der Waals surface area contributed by atoms with E-state index in [0.29, 0.717) is 12.8 Å². The van der Waals surface area contributed by atoms with Crippen LogP contribution in [0.4, 0.5) is 0 Å². The number of primary amides is 1. The van der Waals surface area contributed by atoms with Crippen molar-refractivity contribution in [3.63, 3.8) is 0 Å². The second-order valence-electron chi connectivity index (χ2n) is 3.66. The molecule has 1 heterocycles. The van der Waals surface area contributed by atoms with Gasteiger partial charge >= 0.3 is 0 Å².